The van der Waals surface area contributed by atoms with Crippen molar-refractivity contribution in [1.82, 2.24) is 0 Å². The molecular formula is C25H35NO4S. The number of carbonyl (C=O) groups is 1. The van der Waals surface area contributed by atoms with Crippen LogP contribution in [0.3, 0.4) is 0 Å². The summed E-state index contributed by atoms with van der Waals surface area (Å²) < 4.78 is 0. The summed E-state index contributed by atoms with van der Waals surface area (Å²) >= 11 is 1.34. The highest BCUT2D eigenvalue weighted by Gasteiger charge is 2.46. The number of unbranched alkanes of at least 4 members (excludes halogenated alkanes) is 3. The minimum absolute atomic E-state index is 0.0260. The quantitative estimate of drug-likeness (QED) is 0.221. The van der Waals surface area contributed by atoms with Crippen molar-refractivity contribution in [1.29, 1.82) is 0 Å². The van der Waals surface area contributed by atoms with Crippen LogP contribution in [0.2, 0.25) is 0 Å². The van der Waals surface area contributed by atoms with Gasteiger partial charge < -0.3 is 20.2 Å². The molecular weight excluding hydrogens is 410 g/mol. The first-order valence-electron chi connectivity index (χ1n) is 11.2. The van der Waals surface area contributed by atoms with Crippen LogP contribution in [0.5, 0.6) is 0 Å². The number of rotatable bonds is 13. The van der Waals surface area contributed by atoms with E-state index < -0.39 is 18.2 Å². The molecule has 0 saturated heterocycles. The predicted molar refractivity (Wildman–Crippen MR) is 126 cm³/mol. The van der Waals surface area contributed by atoms with Gasteiger partial charge in [0, 0.05) is 24.0 Å². The van der Waals surface area contributed by atoms with Crippen molar-refractivity contribution in [2.75, 3.05) is 11.5 Å². The zero-order valence-electron chi connectivity index (χ0n) is 18.3. The molecule has 1 saturated carbocycles. The number of thioether (sulfide) groups is 1. The van der Waals surface area contributed by atoms with E-state index in [-0.39, 0.29) is 23.6 Å². The molecule has 31 heavy (non-hydrogen) atoms. The lowest BCUT2D eigenvalue weighted by atomic mass is 9.83. The summed E-state index contributed by atoms with van der Waals surface area (Å²) in [5.41, 5.74) is 1.92. The normalized spacial score (nSPS) is 24.3. The van der Waals surface area contributed by atoms with Crippen molar-refractivity contribution < 1.29 is 20.1 Å². The number of aliphatic carboxylic acids is 1. The van der Waals surface area contributed by atoms with E-state index in [1.807, 2.05) is 36.4 Å². The molecule has 3 unspecified atom stereocenters. The molecule has 0 bridgehead atoms. The van der Waals surface area contributed by atoms with Gasteiger partial charge in [-0.2, -0.15) is 0 Å². The third-order valence-corrected chi connectivity index (χ3v) is 6.95. The molecule has 1 aromatic carbocycles. The lowest BCUT2D eigenvalue weighted by Crippen LogP contribution is -2.19. The Bertz CT molecular complexity index is 743. The Hall–Kier alpha value is -1.81. The third-order valence-electron chi connectivity index (χ3n) is 6.07. The van der Waals surface area contributed by atoms with E-state index >= 15 is 0 Å². The van der Waals surface area contributed by atoms with Crippen molar-refractivity contribution in [2.24, 2.45) is 5.92 Å². The maximum Gasteiger partial charge on any atom is 0.313 e. The largest absolute Gasteiger partial charge is 0.481 e. The van der Waals surface area contributed by atoms with E-state index in [9.17, 15) is 15.0 Å². The maximum atomic E-state index is 10.7. The van der Waals surface area contributed by atoms with E-state index in [1.54, 1.807) is 0 Å². The first-order chi connectivity index (χ1) is 15.0. The van der Waals surface area contributed by atoms with Gasteiger partial charge in [-0.15, -0.1) is 11.8 Å². The molecule has 0 radical (unpaired) electrons. The van der Waals surface area contributed by atoms with Crippen LogP contribution in [-0.4, -0.2) is 44.9 Å². The highest BCUT2D eigenvalue weighted by Crippen LogP contribution is 2.44. The second kappa shape index (κ2) is 13.6. The number of aliphatic hydroxyl groups is 2. The second-order valence-electron chi connectivity index (χ2n) is 8.34. The molecule has 1 fully saturated rings. The van der Waals surface area contributed by atoms with Gasteiger partial charge in [-0.1, -0.05) is 69.0 Å². The zero-order valence-corrected chi connectivity index (χ0v) is 19.1. The van der Waals surface area contributed by atoms with Gasteiger partial charge >= 0.3 is 5.97 Å². The number of allylic oxidation sites excluding steroid dienone is 1. The van der Waals surface area contributed by atoms with E-state index in [0.29, 0.717) is 18.6 Å². The van der Waals surface area contributed by atoms with Crippen molar-refractivity contribution in [2.45, 2.75) is 76.0 Å². The molecule has 1 aliphatic rings. The first-order valence-corrected chi connectivity index (χ1v) is 12.4. The lowest BCUT2D eigenvalue weighted by molar-refractivity contribution is -0.133. The van der Waals surface area contributed by atoms with Gasteiger partial charge in [0.15, 0.2) is 0 Å². The molecule has 2 rings (SSSR count). The minimum atomic E-state index is -0.819. The molecule has 5 atom stereocenters. The van der Waals surface area contributed by atoms with E-state index in [2.05, 4.69) is 11.8 Å². The van der Waals surface area contributed by atoms with Gasteiger partial charge in [0.05, 0.1) is 18.0 Å². The number of benzene rings is 1. The average molecular weight is 446 g/mol. The third kappa shape index (κ3) is 7.99. The maximum absolute atomic E-state index is 10.7. The summed E-state index contributed by atoms with van der Waals surface area (Å²) in [7, 11) is 0. The van der Waals surface area contributed by atoms with Crippen LogP contribution in [0, 0.1) is 12.5 Å². The van der Waals surface area contributed by atoms with Crippen molar-refractivity contribution in [3.8, 4) is 0 Å². The lowest BCUT2D eigenvalue weighted by Gasteiger charge is -2.22. The van der Waals surface area contributed by atoms with E-state index in [0.717, 1.165) is 30.4 Å². The smallest absolute Gasteiger partial charge is 0.313 e. The highest BCUT2D eigenvalue weighted by atomic mass is 32.2. The van der Waals surface area contributed by atoms with Gasteiger partial charge in [-0.25, -0.2) is 6.57 Å². The van der Waals surface area contributed by atoms with Gasteiger partial charge in [0.2, 0.25) is 6.04 Å². The monoisotopic (exact) mass is 445 g/mol. The molecule has 0 aromatic heterocycles. The summed E-state index contributed by atoms with van der Waals surface area (Å²) in [4.78, 5) is 14.3. The number of carboxylic acids is 1. The van der Waals surface area contributed by atoms with Crippen molar-refractivity contribution in [3.05, 3.63) is 59.0 Å². The van der Waals surface area contributed by atoms with Gasteiger partial charge in [-0.05, 0) is 24.0 Å². The second-order valence-corrected chi connectivity index (χ2v) is 9.37. The van der Waals surface area contributed by atoms with Gasteiger partial charge in [-0.3, -0.25) is 4.79 Å². The van der Waals surface area contributed by atoms with Crippen LogP contribution >= 0.6 is 11.8 Å². The van der Waals surface area contributed by atoms with E-state index in [1.165, 1.54) is 24.6 Å². The number of carboxylic acid groups (broad SMARTS) is 1. The molecule has 0 aliphatic heterocycles. The van der Waals surface area contributed by atoms with Crippen molar-refractivity contribution >= 4 is 17.7 Å². The van der Waals surface area contributed by atoms with Crippen LogP contribution in [0.1, 0.15) is 75.0 Å². The molecule has 0 spiro atoms. The molecule has 1 aliphatic carbocycles. The molecule has 170 valence electrons. The van der Waals surface area contributed by atoms with Gasteiger partial charge in [0.1, 0.15) is 0 Å². The first kappa shape index (κ1) is 25.5. The number of nitrogens with zero attached hydrogens (tertiary/aromatic N) is 1. The van der Waals surface area contributed by atoms with Crippen LogP contribution in [0.15, 0.2) is 36.4 Å². The summed E-state index contributed by atoms with van der Waals surface area (Å²) in [6, 6.07) is 7.66. The zero-order chi connectivity index (χ0) is 22.6. The molecule has 0 heterocycles. The Labute approximate surface area is 190 Å². The Kier molecular flexibility index (Phi) is 11.1. The molecule has 0 amide bonds. The standard InChI is InChI=1S/C25H35NO4S/c1-3-4-5-6-10-22(27)18-11-13-19(14-12-18)25-20(21(26-2)16-23(25)28)9-7-8-15-31-17-24(29)30/h7-8,11-14,20-23,25,27-28H,3-6,9-10,15-17H2,1H3,(H,29,30)/t20?,21-,22?,23-,25?/m1/s1. The van der Waals surface area contributed by atoms with Crippen LogP contribution in [0.25, 0.3) is 4.85 Å². The van der Waals surface area contributed by atoms with Crippen LogP contribution in [0.4, 0.5) is 0 Å². The fraction of sp³-hybridized carbons (Fsp3) is 0.600. The summed E-state index contributed by atoms with van der Waals surface area (Å²) in [5, 5.41) is 29.8. The van der Waals surface area contributed by atoms with Gasteiger partial charge in [0.25, 0.3) is 0 Å². The molecule has 3 N–H and O–H groups in total. The predicted octanol–water partition coefficient (Wildman–Crippen LogP) is 5.21. The molecule has 6 heteroatoms. The Morgan fingerprint density at radius 3 is 2.65 bits per heavy atom. The Balaban J connectivity index is 1.99. The summed E-state index contributed by atoms with van der Waals surface area (Å²) in [6.07, 6.45) is 9.41. The summed E-state index contributed by atoms with van der Waals surface area (Å²) in [5.74, 6) is -0.194. The fourth-order valence-corrected chi connectivity index (χ4v) is 4.99. The summed E-state index contributed by atoms with van der Waals surface area (Å²) in [6.45, 7) is 9.71. The number of aliphatic hydroxyl groups excluding tert-OH is 2. The SMILES string of the molecule is [C-]#[N+][C@@H]1C[C@@H](O)C(c2ccc(C(O)CCCCCC)cc2)C1CC=CCSCC(=O)O. The Morgan fingerprint density at radius 2 is 2.00 bits per heavy atom. The fourth-order valence-electron chi connectivity index (χ4n) is 4.42. The van der Waals surface area contributed by atoms with Crippen LogP contribution < -0.4 is 0 Å². The molecule has 5 nitrogen and oxygen atoms in total. The minimum Gasteiger partial charge on any atom is -0.481 e. The Morgan fingerprint density at radius 1 is 1.26 bits per heavy atom. The molecule has 1 aromatic rings. The number of hydrogen-bond acceptors (Lipinski definition) is 4. The highest BCUT2D eigenvalue weighted by molar-refractivity contribution is 8.00. The number of hydrogen-bond donors (Lipinski definition) is 3. The van der Waals surface area contributed by atoms with Crippen LogP contribution in [-0.2, 0) is 4.79 Å². The van der Waals surface area contributed by atoms with E-state index in [4.69, 9.17) is 11.7 Å². The average Bonchev–Trinajstić information content (AvgIpc) is 3.08. The van der Waals surface area contributed by atoms with Crippen molar-refractivity contribution in [3.63, 3.8) is 0 Å². The topological polar surface area (TPSA) is 82.1 Å².